The molecule has 0 unspecified atom stereocenters. The molecule has 0 N–H and O–H groups in total. The zero-order valence-corrected chi connectivity index (χ0v) is 23.5. The molecule has 11 heteroatoms. The van der Waals surface area contributed by atoms with E-state index in [2.05, 4.69) is 0 Å². The van der Waals surface area contributed by atoms with Gasteiger partial charge in [-0.15, -0.1) is 0 Å². The van der Waals surface area contributed by atoms with Gasteiger partial charge in [-0.05, 0) is 73.6 Å². The van der Waals surface area contributed by atoms with Gasteiger partial charge in [-0.25, -0.2) is 9.59 Å². The van der Waals surface area contributed by atoms with Crippen molar-refractivity contribution >= 4 is 41.2 Å². The lowest BCUT2D eigenvalue weighted by Crippen LogP contribution is -2.54. The van der Waals surface area contributed by atoms with Gasteiger partial charge in [0.05, 0.1) is 6.54 Å². The number of aryl methyl sites for hydroxylation is 1. The number of hydrogen-bond acceptors (Lipinski definition) is 6. The maximum atomic E-state index is 13.1. The Morgan fingerprint density at radius 2 is 1.60 bits per heavy atom. The van der Waals surface area contributed by atoms with Crippen LogP contribution < -0.4 is 4.90 Å². The molecular formula is C29H34ClN5O5. The molecule has 3 heterocycles. The van der Waals surface area contributed by atoms with E-state index in [0.717, 1.165) is 36.4 Å². The van der Waals surface area contributed by atoms with Crippen LogP contribution in [0.25, 0.3) is 0 Å². The van der Waals surface area contributed by atoms with Crippen molar-refractivity contribution in [3.8, 4) is 0 Å². The molecule has 5 amide bonds. The Balaban J connectivity index is 1.12. The van der Waals surface area contributed by atoms with Gasteiger partial charge in [0.2, 0.25) is 0 Å². The van der Waals surface area contributed by atoms with E-state index in [-0.39, 0.29) is 25.5 Å². The first-order valence-electron chi connectivity index (χ1n) is 13.6. The number of benzene rings is 2. The fourth-order valence-corrected chi connectivity index (χ4v) is 5.61. The number of hydrogen-bond donors (Lipinski definition) is 0. The Kier molecular flexibility index (Phi) is 8.16. The first-order valence-corrected chi connectivity index (χ1v) is 14.0. The highest BCUT2D eigenvalue weighted by Gasteiger charge is 2.51. The third-order valence-electron chi connectivity index (χ3n) is 8.00. The van der Waals surface area contributed by atoms with Crippen molar-refractivity contribution in [3.63, 3.8) is 0 Å². The standard InChI is InChI=1S/C29H34ClN5O5/c1-31(2)24-11-7-22(8-12-24)26(36)33-17-18-34-25(19-33)27(37)35(28(34)38)40-29(39)32-15-13-21(14-16-32)4-3-20-5-9-23(30)10-6-20/h5-12,21,25H,3-4,13-19H2,1-2H3/t25-/m1/s1. The smallest absolute Gasteiger partial charge is 0.378 e. The number of piperazine rings is 1. The number of halogens is 1. The van der Waals surface area contributed by atoms with Crippen LogP contribution in [-0.2, 0) is 16.1 Å². The zero-order chi connectivity index (χ0) is 28.4. The summed E-state index contributed by atoms with van der Waals surface area (Å²) >= 11 is 5.96. The van der Waals surface area contributed by atoms with Gasteiger partial charge in [0.25, 0.3) is 11.8 Å². The predicted octanol–water partition coefficient (Wildman–Crippen LogP) is 3.89. The van der Waals surface area contributed by atoms with Crippen LogP contribution in [0.5, 0.6) is 0 Å². The molecule has 0 saturated carbocycles. The number of hydroxylamine groups is 2. The molecular weight excluding hydrogens is 534 g/mol. The van der Waals surface area contributed by atoms with Gasteiger partial charge in [-0.3, -0.25) is 9.59 Å². The molecule has 3 saturated heterocycles. The number of likely N-dealkylation sites (tertiary alicyclic amines) is 1. The molecule has 212 valence electrons. The second kappa shape index (κ2) is 11.8. The molecule has 3 aliphatic heterocycles. The van der Waals surface area contributed by atoms with Crippen molar-refractivity contribution in [1.29, 1.82) is 0 Å². The van der Waals surface area contributed by atoms with Crippen LogP contribution in [0.2, 0.25) is 5.02 Å². The van der Waals surface area contributed by atoms with Crippen molar-refractivity contribution in [2.24, 2.45) is 5.92 Å². The number of nitrogens with zero attached hydrogens (tertiary/aromatic N) is 5. The average molecular weight is 568 g/mol. The number of amides is 5. The summed E-state index contributed by atoms with van der Waals surface area (Å²) in [5.41, 5.74) is 2.71. The Labute approximate surface area is 238 Å². The molecule has 3 aliphatic rings. The molecule has 0 bridgehead atoms. The summed E-state index contributed by atoms with van der Waals surface area (Å²) in [6, 6.07) is 13.5. The van der Waals surface area contributed by atoms with Crippen molar-refractivity contribution in [2.75, 3.05) is 51.7 Å². The highest BCUT2D eigenvalue weighted by Crippen LogP contribution is 2.27. The fraction of sp³-hybridized carbons (Fsp3) is 0.448. The van der Waals surface area contributed by atoms with E-state index in [9.17, 15) is 19.2 Å². The lowest BCUT2D eigenvalue weighted by molar-refractivity contribution is -0.152. The maximum absolute atomic E-state index is 13.1. The van der Waals surface area contributed by atoms with Crippen molar-refractivity contribution in [2.45, 2.75) is 31.7 Å². The number of carbonyl (C=O) groups excluding carboxylic acids is 4. The monoisotopic (exact) mass is 567 g/mol. The number of piperidine rings is 1. The van der Waals surface area contributed by atoms with Gasteiger partial charge in [0.15, 0.2) is 0 Å². The van der Waals surface area contributed by atoms with E-state index in [4.69, 9.17) is 16.4 Å². The number of anilines is 1. The summed E-state index contributed by atoms with van der Waals surface area (Å²) in [5, 5.41) is 1.29. The SMILES string of the molecule is CN(C)c1ccc(C(=O)N2CCN3C(=O)N(OC(=O)N4CCC(CCc5ccc(Cl)cc5)CC4)C(=O)[C@H]3C2)cc1. The van der Waals surface area contributed by atoms with E-state index >= 15 is 0 Å². The second-order valence-electron chi connectivity index (χ2n) is 10.8. The van der Waals surface area contributed by atoms with Crippen LogP contribution in [0.1, 0.15) is 35.2 Å². The summed E-state index contributed by atoms with van der Waals surface area (Å²) < 4.78 is 0. The number of urea groups is 1. The summed E-state index contributed by atoms with van der Waals surface area (Å²) in [6.45, 7) is 1.52. The third-order valence-corrected chi connectivity index (χ3v) is 8.25. The molecule has 2 aromatic carbocycles. The van der Waals surface area contributed by atoms with E-state index in [1.54, 1.807) is 21.9 Å². The minimum Gasteiger partial charge on any atom is -0.378 e. The van der Waals surface area contributed by atoms with E-state index < -0.39 is 24.1 Å². The predicted molar refractivity (Wildman–Crippen MR) is 150 cm³/mol. The van der Waals surface area contributed by atoms with Crippen LogP contribution in [0.4, 0.5) is 15.3 Å². The van der Waals surface area contributed by atoms with Gasteiger partial charge < -0.3 is 24.4 Å². The Bertz CT molecular complexity index is 1260. The van der Waals surface area contributed by atoms with Crippen molar-refractivity contribution < 1.29 is 24.0 Å². The van der Waals surface area contributed by atoms with Gasteiger partial charge in [0, 0.05) is 56.5 Å². The highest BCUT2D eigenvalue weighted by molar-refractivity contribution is 6.30. The number of imide groups is 1. The third kappa shape index (κ3) is 5.86. The first kappa shape index (κ1) is 27.8. The summed E-state index contributed by atoms with van der Waals surface area (Å²) in [5.74, 6) is -0.359. The molecule has 0 radical (unpaired) electrons. The molecule has 1 atom stereocenters. The Morgan fingerprint density at radius 1 is 0.925 bits per heavy atom. The van der Waals surface area contributed by atoms with Gasteiger partial charge >= 0.3 is 12.1 Å². The fourth-order valence-electron chi connectivity index (χ4n) is 5.48. The van der Waals surface area contributed by atoms with Crippen molar-refractivity contribution in [3.05, 3.63) is 64.7 Å². The quantitative estimate of drug-likeness (QED) is 0.492. The molecule has 10 nitrogen and oxygen atoms in total. The highest BCUT2D eigenvalue weighted by atomic mass is 35.5. The van der Waals surface area contributed by atoms with Crippen LogP contribution in [-0.4, -0.2) is 96.6 Å². The number of rotatable bonds is 6. The maximum Gasteiger partial charge on any atom is 0.434 e. The lowest BCUT2D eigenvalue weighted by atomic mass is 9.91. The summed E-state index contributed by atoms with van der Waals surface area (Å²) in [6.07, 6.45) is 2.91. The van der Waals surface area contributed by atoms with E-state index in [1.165, 1.54) is 10.5 Å². The van der Waals surface area contributed by atoms with Crippen LogP contribution in [0.15, 0.2) is 48.5 Å². The molecule has 2 aromatic rings. The largest absolute Gasteiger partial charge is 0.434 e. The molecule has 0 aliphatic carbocycles. The van der Waals surface area contributed by atoms with Crippen LogP contribution in [0, 0.1) is 5.92 Å². The van der Waals surface area contributed by atoms with Gasteiger partial charge in [0.1, 0.15) is 6.04 Å². The average Bonchev–Trinajstić information content (AvgIpc) is 3.21. The number of carbonyl (C=O) groups is 4. The molecule has 0 spiro atoms. The van der Waals surface area contributed by atoms with Crippen molar-refractivity contribution in [1.82, 2.24) is 19.8 Å². The topological polar surface area (TPSA) is 93.7 Å². The normalized spacial score (nSPS) is 19.6. The van der Waals surface area contributed by atoms with E-state index in [0.29, 0.717) is 29.6 Å². The van der Waals surface area contributed by atoms with Gasteiger partial charge in [-0.1, -0.05) is 28.8 Å². The molecule has 5 rings (SSSR count). The van der Waals surface area contributed by atoms with Gasteiger partial charge in [-0.2, -0.15) is 0 Å². The number of fused-ring (bicyclic) bond motifs is 1. The summed E-state index contributed by atoms with van der Waals surface area (Å²) in [7, 11) is 3.84. The minimum absolute atomic E-state index is 0.0475. The minimum atomic E-state index is -0.877. The second-order valence-corrected chi connectivity index (χ2v) is 11.2. The van der Waals surface area contributed by atoms with Crippen LogP contribution in [0.3, 0.4) is 0 Å². The lowest BCUT2D eigenvalue weighted by Gasteiger charge is -2.35. The zero-order valence-electron chi connectivity index (χ0n) is 22.8. The molecule has 0 aromatic heterocycles. The Morgan fingerprint density at radius 3 is 2.25 bits per heavy atom. The van der Waals surface area contributed by atoms with Crippen LogP contribution >= 0.6 is 11.6 Å². The Hall–Kier alpha value is -3.79. The summed E-state index contributed by atoms with van der Waals surface area (Å²) in [4.78, 5) is 63.7. The van der Waals surface area contributed by atoms with E-state index in [1.807, 2.05) is 55.4 Å². The molecule has 40 heavy (non-hydrogen) atoms. The molecule has 3 fully saturated rings. The first-order chi connectivity index (χ1) is 19.2.